The molecule has 8 nitrogen and oxygen atoms in total. The molecule has 184 valence electrons. The number of benzene rings is 3. The molecule has 0 unspecified atom stereocenters. The lowest BCUT2D eigenvalue weighted by atomic mass is 10.1. The number of anilines is 2. The minimum atomic E-state index is -0.575. The molecule has 2 amide bonds. The van der Waals surface area contributed by atoms with Crippen LogP contribution in [0.15, 0.2) is 66.2 Å². The molecule has 0 saturated heterocycles. The quantitative estimate of drug-likeness (QED) is 0.203. The molecule has 0 radical (unpaired) electrons. The number of halogens is 2. The van der Waals surface area contributed by atoms with E-state index in [4.69, 9.17) is 14.2 Å². The zero-order valence-corrected chi connectivity index (χ0v) is 21.5. The smallest absolute Gasteiger partial charge is 0.266 e. The van der Waals surface area contributed by atoms with E-state index < -0.39 is 17.6 Å². The summed E-state index contributed by atoms with van der Waals surface area (Å²) in [7, 11) is 2.98. The third kappa shape index (κ3) is 7.19. The van der Waals surface area contributed by atoms with E-state index in [9.17, 15) is 19.2 Å². The van der Waals surface area contributed by atoms with Crippen molar-refractivity contribution in [2.75, 3.05) is 31.5 Å². The Labute approximate surface area is 220 Å². The Morgan fingerprint density at radius 1 is 1.00 bits per heavy atom. The molecule has 36 heavy (non-hydrogen) atoms. The number of methoxy groups -OCH3 is 2. The number of hydrogen-bond acceptors (Lipinski definition) is 6. The molecule has 0 aliphatic carbocycles. The van der Waals surface area contributed by atoms with Crippen LogP contribution in [0.25, 0.3) is 6.08 Å². The van der Waals surface area contributed by atoms with Crippen molar-refractivity contribution < 1.29 is 28.2 Å². The van der Waals surface area contributed by atoms with Crippen molar-refractivity contribution >= 4 is 51.9 Å². The summed E-state index contributed by atoms with van der Waals surface area (Å²) in [5.41, 5.74) is 1.36. The molecular formula is C26H21FIN3O5. The number of nitriles is 1. The summed E-state index contributed by atoms with van der Waals surface area (Å²) in [5, 5.41) is 14.8. The van der Waals surface area contributed by atoms with Crippen LogP contribution in [0.1, 0.15) is 5.56 Å². The van der Waals surface area contributed by atoms with Crippen LogP contribution in [0.2, 0.25) is 0 Å². The number of ether oxygens (including phenoxy) is 3. The van der Waals surface area contributed by atoms with Crippen molar-refractivity contribution in [3.8, 4) is 23.3 Å². The summed E-state index contributed by atoms with van der Waals surface area (Å²) in [4.78, 5) is 24.8. The van der Waals surface area contributed by atoms with E-state index in [1.807, 2.05) is 28.7 Å². The molecule has 3 aromatic carbocycles. The highest BCUT2D eigenvalue weighted by Gasteiger charge is 2.15. The lowest BCUT2D eigenvalue weighted by Crippen LogP contribution is -2.20. The maximum absolute atomic E-state index is 13.0. The van der Waals surface area contributed by atoms with Gasteiger partial charge in [-0.15, -0.1) is 0 Å². The Morgan fingerprint density at radius 2 is 1.64 bits per heavy atom. The number of rotatable bonds is 9. The van der Waals surface area contributed by atoms with Crippen LogP contribution in [0.3, 0.4) is 0 Å². The van der Waals surface area contributed by atoms with Gasteiger partial charge in [0.1, 0.15) is 23.2 Å². The minimum Gasteiger partial charge on any atom is -0.497 e. The number of nitrogens with one attached hydrogen (secondary N) is 2. The zero-order valence-electron chi connectivity index (χ0n) is 19.3. The monoisotopic (exact) mass is 601 g/mol. The van der Waals surface area contributed by atoms with Gasteiger partial charge in [0.2, 0.25) is 0 Å². The lowest BCUT2D eigenvalue weighted by molar-refractivity contribution is -0.118. The van der Waals surface area contributed by atoms with Gasteiger partial charge in [0, 0.05) is 11.4 Å². The van der Waals surface area contributed by atoms with Crippen LogP contribution in [-0.4, -0.2) is 32.6 Å². The first-order valence-corrected chi connectivity index (χ1v) is 11.5. The molecule has 2 N–H and O–H groups in total. The van der Waals surface area contributed by atoms with Crippen molar-refractivity contribution in [2.24, 2.45) is 0 Å². The Balaban J connectivity index is 1.72. The topological polar surface area (TPSA) is 110 Å². The van der Waals surface area contributed by atoms with Gasteiger partial charge in [-0.25, -0.2) is 4.39 Å². The van der Waals surface area contributed by atoms with Crippen molar-refractivity contribution in [1.29, 1.82) is 5.26 Å². The van der Waals surface area contributed by atoms with Crippen LogP contribution in [0.5, 0.6) is 17.2 Å². The summed E-state index contributed by atoms with van der Waals surface area (Å²) in [5.74, 6) is -0.141. The fourth-order valence-corrected chi connectivity index (χ4v) is 3.80. The molecule has 10 heteroatoms. The summed E-state index contributed by atoms with van der Waals surface area (Å²) in [6.45, 7) is -0.313. The molecule has 0 atom stereocenters. The highest BCUT2D eigenvalue weighted by Crippen LogP contribution is 2.34. The summed E-state index contributed by atoms with van der Waals surface area (Å²) < 4.78 is 29.8. The zero-order chi connectivity index (χ0) is 26.1. The SMILES string of the molecule is COc1ccc(NC(=O)/C(C#N)=C\c2cc(I)c(OCC(=O)Nc3ccc(F)cc3)c(OC)c2)cc1. The van der Waals surface area contributed by atoms with E-state index in [-0.39, 0.29) is 12.2 Å². The Hall–Kier alpha value is -4.11. The standard InChI is InChI=1S/C26H21FIN3O5/c1-34-21-9-7-20(8-10-21)31-26(33)17(14-29)11-16-12-22(28)25(23(13-16)35-2)36-15-24(32)30-19-5-3-18(27)4-6-19/h3-13H,15H2,1-2H3,(H,30,32)(H,31,33)/b17-11-. The Bertz CT molecular complexity index is 1320. The number of carbonyl (C=O) groups excluding carboxylic acids is 2. The molecule has 3 aromatic rings. The fourth-order valence-electron chi connectivity index (χ4n) is 3.02. The van der Waals surface area contributed by atoms with Crippen molar-refractivity contribution in [2.45, 2.75) is 0 Å². The van der Waals surface area contributed by atoms with Crippen LogP contribution < -0.4 is 24.8 Å². The number of carbonyl (C=O) groups is 2. The predicted octanol–water partition coefficient (Wildman–Crippen LogP) is 5.01. The molecule has 0 spiro atoms. The molecular weight excluding hydrogens is 580 g/mol. The maximum Gasteiger partial charge on any atom is 0.266 e. The van der Waals surface area contributed by atoms with Gasteiger partial charge < -0.3 is 24.8 Å². The van der Waals surface area contributed by atoms with Gasteiger partial charge in [0.15, 0.2) is 18.1 Å². The largest absolute Gasteiger partial charge is 0.497 e. The van der Waals surface area contributed by atoms with Gasteiger partial charge in [0.05, 0.1) is 17.8 Å². The maximum atomic E-state index is 13.0. The number of amides is 2. The van der Waals surface area contributed by atoms with E-state index in [0.717, 1.165) is 0 Å². The second-order valence-electron chi connectivity index (χ2n) is 7.23. The number of hydrogen-bond donors (Lipinski definition) is 2. The number of nitrogens with zero attached hydrogens (tertiary/aromatic N) is 1. The summed E-state index contributed by atoms with van der Waals surface area (Å²) in [6.07, 6.45) is 1.43. The Morgan fingerprint density at radius 3 is 2.25 bits per heavy atom. The van der Waals surface area contributed by atoms with Crippen LogP contribution in [-0.2, 0) is 9.59 Å². The van der Waals surface area contributed by atoms with Crippen molar-refractivity contribution in [3.63, 3.8) is 0 Å². The van der Waals surface area contributed by atoms with Gasteiger partial charge in [-0.2, -0.15) is 5.26 Å². The third-order valence-corrected chi connectivity index (χ3v) is 5.55. The fraction of sp³-hybridized carbons (Fsp3) is 0.115. The van der Waals surface area contributed by atoms with Crippen molar-refractivity contribution in [1.82, 2.24) is 0 Å². The molecule has 0 saturated carbocycles. The first-order chi connectivity index (χ1) is 17.3. The normalized spacial score (nSPS) is 10.7. The van der Waals surface area contributed by atoms with E-state index in [1.54, 1.807) is 43.5 Å². The first-order valence-electron chi connectivity index (χ1n) is 10.5. The molecule has 0 aliphatic heterocycles. The Kier molecular flexibility index (Phi) is 9.24. The summed E-state index contributed by atoms with van der Waals surface area (Å²) >= 11 is 2.01. The van der Waals surface area contributed by atoms with Crippen LogP contribution in [0, 0.1) is 20.7 Å². The average molecular weight is 601 g/mol. The van der Waals surface area contributed by atoms with Gasteiger partial charge in [0.25, 0.3) is 11.8 Å². The molecule has 0 aromatic heterocycles. The van der Waals surface area contributed by atoms with Gasteiger partial charge in [-0.3, -0.25) is 9.59 Å². The van der Waals surface area contributed by atoms with Crippen LogP contribution >= 0.6 is 22.6 Å². The first kappa shape index (κ1) is 26.5. The second-order valence-corrected chi connectivity index (χ2v) is 8.39. The molecule has 3 rings (SSSR count). The molecule has 0 aliphatic rings. The molecule has 0 heterocycles. The average Bonchev–Trinajstić information content (AvgIpc) is 2.88. The highest BCUT2D eigenvalue weighted by molar-refractivity contribution is 14.1. The van der Waals surface area contributed by atoms with Gasteiger partial charge >= 0.3 is 0 Å². The minimum absolute atomic E-state index is 0.115. The predicted molar refractivity (Wildman–Crippen MR) is 141 cm³/mol. The highest BCUT2D eigenvalue weighted by atomic mass is 127. The lowest BCUT2D eigenvalue weighted by Gasteiger charge is -2.14. The van der Waals surface area contributed by atoms with Gasteiger partial charge in [-0.05, 0) is 94.9 Å². The molecule has 0 bridgehead atoms. The van der Waals surface area contributed by atoms with Crippen molar-refractivity contribution in [3.05, 3.63) is 81.2 Å². The van der Waals surface area contributed by atoms with E-state index >= 15 is 0 Å². The van der Waals surface area contributed by atoms with E-state index in [1.165, 1.54) is 37.5 Å². The third-order valence-electron chi connectivity index (χ3n) is 4.75. The van der Waals surface area contributed by atoms with Crippen LogP contribution in [0.4, 0.5) is 15.8 Å². The molecule has 0 fully saturated rings. The van der Waals surface area contributed by atoms with E-state index in [2.05, 4.69) is 10.6 Å². The second kappa shape index (κ2) is 12.6. The van der Waals surface area contributed by atoms with E-state index in [0.29, 0.717) is 37.8 Å². The summed E-state index contributed by atoms with van der Waals surface area (Å²) in [6, 6.07) is 17.2. The van der Waals surface area contributed by atoms with Gasteiger partial charge in [-0.1, -0.05) is 0 Å².